The summed E-state index contributed by atoms with van der Waals surface area (Å²) >= 11 is 0. The number of nitrogens with zero attached hydrogens (tertiary/aromatic N) is 2. The lowest BCUT2D eigenvalue weighted by molar-refractivity contribution is -0.389. The molecule has 0 saturated heterocycles. The van der Waals surface area contributed by atoms with E-state index in [2.05, 4.69) is 15.6 Å². The average molecular weight is 254 g/mol. The van der Waals surface area contributed by atoms with Gasteiger partial charge in [-0.1, -0.05) is 0 Å². The molecule has 1 rings (SSSR count). The topological polar surface area (TPSA) is 106 Å². The molecule has 0 aromatic carbocycles. The van der Waals surface area contributed by atoms with Gasteiger partial charge in [0.1, 0.15) is 0 Å². The second-order valence-corrected chi connectivity index (χ2v) is 3.36. The summed E-state index contributed by atoms with van der Waals surface area (Å²) in [6, 6.07) is 2.76. The summed E-state index contributed by atoms with van der Waals surface area (Å²) in [5.74, 6) is -0.421. The monoisotopic (exact) mass is 254 g/mol. The minimum absolute atomic E-state index is 0.0726. The summed E-state index contributed by atoms with van der Waals surface area (Å²) < 4.78 is 4.78. The van der Waals surface area contributed by atoms with Crippen LogP contribution in [-0.2, 0) is 9.53 Å². The van der Waals surface area contributed by atoms with Gasteiger partial charge in [-0.25, -0.2) is 0 Å². The molecule has 0 bridgehead atoms. The van der Waals surface area contributed by atoms with Crippen LogP contribution in [0.5, 0.6) is 0 Å². The lowest BCUT2D eigenvalue weighted by Crippen LogP contribution is -2.32. The van der Waals surface area contributed by atoms with Crippen molar-refractivity contribution in [3.8, 4) is 0 Å². The summed E-state index contributed by atoms with van der Waals surface area (Å²) in [5, 5.41) is 15.8. The third kappa shape index (κ3) is 4.74. The minimum atomic E-state index is -0.582. The molecule has 0 spiro atoms. The molecule has 1 aromatic rings. The Morgan fingerprint density at radius 2 is 2.33 bits per heavy atom. The third-order valence-electron chi connectivity index (χ3n) is 2.02. The van der Waals surface area contributed by atoms with Gasteiger partial charge in [-0.05, 0) is 16.0 Å². The van der Waals surface area contributed by atoms with Crippen LogP contribution in [0.3, 0.4) is 0 Å². The lowest BCUT2D eigenvalue weighted by Gasteiger charge is -2.06. The van der Waals surface area contributed by atoms with Gasteiger partial charge in [-0.15, -0.1) is 0 Å². The van der Waals surface area contributed by atoms with E-state index < -0.39 is 4.92 Å². The van der Waals surface area contributed by atoms with Crippen molar-refractivity contribution in [3.05, 3.63) is 28.4 Å². The zero-order valence-corrected chi connectivity index (χ0v) is 9.88. The molecule has 0 aliphatic heterocycles. The highest BCUT2D eigenvalue weighted by Gasteiger charge is 2.06. The van der Waals surface area contributed by atoms with E-state index in [4.69, 9.17) is 4.74 Å². The number of amides is 1. The van der Waals surface area contributed by atoms with Gasteiger partial charge in [0.2, 0.25) is 5.91 Å². The van der Waals surface area contributed by atoms with Gasteiger partial charge in [0.25, 0.3) is 0 Å². The molecular formula is C10H14N4O4. The molecule has 0 fully saturated rings. The van der Waals surface area contributed by atoms with Gasteiger partial charge < -0.3 is 25.5 Å². The van der Waals surface area contributed by atoms with E-state index in [-0.39, 0.29) is 18.3 Å². The number of rotatable bonds is 7. The van der Waals surface area contributed by atoms with Gasteiger partial charge in [0.15, 0.2) is 6.20 Å². The first kappa shape index (κ1) is 13.8. The van der Waals surface area contributed by atoms with Crippen LogP contribution in [0.25, 0.3) is 0 Å². The molecule has 0 aliphatic carbocycles. The smallest absolute Gasteiger partial charge is 0.363 e. The maximum absolute atomic E-state index is 11.3. The van der Waals surface area contributed by atoms with Gasteiger partial charge >= 0.3 is 5.82 Å². The quantitative estimate of drug-likeness (QED) is 0.408. The third-order valence-corrected chi connectivity index (χ3v) is 2.02. The zero-order valence-electron chi connectivity index (χ0n) is 9.88. The SMILES string of the molecule is COCCNC(=O)CNc1ccc([N+](=O)[O-])nc1. The molecule has 8 nitrogen and oxygen atoms in total. The number of pyridine rings is 1. The number of anilines is 1. The largest absolute Gasteiger partial charge is 0.383 e. The van der Waals surface area contributed by atoms with E-state index in [1.165, 1.54) is 18.3 Å². The number of hydrogen-bond donors (Lipinski definition) is 2. The molecule has 1 amide bonds. The highest BCUT2D eigenvalue weighted by atomic mass is 16.6. The molecule has 0 atom stereocenters. The van der Waals surface area contributed by atoms with Crippen LogP contribution < -0.4 is 10.6 Å². The summed E-state index contributed by atoms with van der Waals surface area (Å²) in [5.41, 5.74) is 0.544. The Morgan fingerprint density at radius 3 is 2.89 bits per heavy atom. The first-order valence-corrected chi connectivity index (χ1v) is 5.23. The number of methoxy groups -OCH3 is 1. The van der Waals surface area contributed by atoms with Crippen molar-refractivity contribution in [3.63, 3.8) is 0 Å². The first-order chi connectivity index (χ1) is 8.63. The van der Waals surface area contributed by atoms with E-state index in [1.54, 1.807) is 7.11 Å². The van der Waals surface area contributed by atoms with Crippen LogP contribution in [-0.4, -0.2) is 42.6 Å². The maximum Gasteiger partial charge on any atom is 0.363 e. The van der Waals surface area contributed by atoms with E-state index >= 15 is 0 Å². The standard InChI is InChI=1S/C10H14N4O4/c1-18-5-4-11-10(15)7-12-8-2-3-9(13-6-8)14(16)17/h2-3,6,12H,4-5,7H2,1H3,(H,11,15). The second kappa shape index (κ2) is 7.17. The average Bonchev–Trinajstić information content (AvgIpc) is 2.37. The molecule has 1 heterocycles. The minimum Gasteiger partial charge on any atom is -0.383 e. The molecule has 1 aromatic heterocycles. The first-order valence-electron chi connectivity index (χ1n) is 5.23. The van der Waals surface area contributed by atoms with Crippen LogP contribution in [0.15, 0.2) is 18.3 Å². The van der Waals surface area contributed by atoms with Crippen molar-refractivity contribution in [1.29, 1.82) is 0 Å². The number of nitrogens with one attached hydrogen (secondary N) is 2. The van der Waals surface area contributed by atoms with Crippen molar-refractivity contribution in [2.24, 2.45) is 0 Å². The van der Waals surface area contributed by atoms with Crippen molar-refractivity contribution in [1.82, 2.24) is 10.3 Å². The van der Waals surface area contributed by atoms with Crippen molar-refractivity contribution in [2.75, 3.05) is 32.1 Å². The molecule has 0 aliphatic rings. The fourth-order valence-electron chi connectivity index (χ4n) is 1.14. The lowest BCUT2D eigenvalue weighted by atomic mass is 10.4. The van der Waals surface area contributed by atoms with Crippen molar-refractivity contribution in [2.45, 2.75) is 0 Å². The van der Waals surface area contributed by atoms with Gasteiger partial charge in [0, 0.05) is 19.7 Å². The molecule has 2 N–H and O–H groups in total. The summed E-state index contributed by atoms with van der Waals surface area (Å²) in [4.78, 5) is 24.7. The Labute approximate surface area is 104 Å². The number of ether oxygens (including phenoxy) is 1. The molecule has 18 heavy (non-hydrogen) atoms. The number of carbonyl (C=O) groups is 1. The maximum atomic E-state index is 11.3. The molecular weight excluding hydrogens is 240 g/mol. The Morgan fingerprint density at radius 1 is 1.56 bits per heavy atom. The van der Waals surface area contributed by atoms with Gasteiger partial charge in [0.05, 0.1) is 18.8 Å². The molecule has 0 unspecified atom stereocenters. The molecule has 0 saturated carbocycles. The van der Waals surface area contributed by atoms with E-state index in [9.17, 15) is 14.9 Å². The van der Waals surface area contributed by atoms with Crippen LogP contribution in [0.4, 0.5) is 11.5 Å². The van der Waals surface area contributed by atoms with E-state index in [0.717, 1.165) is 0 Å². The Bertz CT molecular complexity index is 407. The highest BCUT2D eigenvalue weighted by Crippen LogP contribution is 2.10. The normalized spacial score (nSPS) is 9.83. The van der Waals surface area contributed by atoms with Crippen LogP contribution in [0.2, 0.25) is 0 Å². The van der Waals surface area contributed by atoms with Gasteiger partial charge in [-0.2, -0.15) is 0 Å². The Hall–Kier alpha value is -2.22. The van der Waals surface area contributed by atoms with Crippen LogP contribution in [0.1, 0.15) is 0 Å². The zero-order chi connectivity index (χ0) is 13.4. The van der Waals surface area contributed by atoms with Crippen molar-refractivity contribution < 1.29 is 14.5 Å². The molecule has 98 valence electrons. The Kier molecular flexibility index (Phi) is 5.52. The second-order valence-electron chi connectivity index (χ2n) is 3.36. The number of hydrogen-bond acceptors (Lipinski definition) is 6. The Balaban J connectivity index is 2.34. The fraction of sp³-hybridized carbons (Fsp3) is 0.400. The summed E-state index contributed by atoms with van der Waals surface area (Å²) in [6.07, 6.45) is 1.31. The molecule has 0 radical (unpaired) electrons. The predicted octanol–water partition coefficient (Wildman–Crippen LogP) is 0.164. The summed E-state index contributed by atoms with van der Waals surface area (Å²) in [6.45, 7) is 0.962. The highest BCUT2D eigenvalue weighted by molar-refractivity contribution is 5.80. The number of aromatic nitrogens is 1. The number of carbonyl (C=O) groups excluding carboxylic acids is 1. The van der Waals surface area contributed by atoms with Crippen LogP contribution >= 0.6 is 0 Å². The van der Waals surface area contributed by atoms with E-state index in [1.807, 2.05) is 0 Å². The van der Waals surface area contributed by atoms with E-state index in [0.29, 0.717) is 18.8 Å². The van der Waals surface area contributed by atoms with Crippen LogP contribution in [0, 0.1) is 10.1 Å². The summed E-state index contributed by atoms with van der Waals surface area (Å²) in [7, 11) is 1.55. The molecule has 8 heteroatoms. The fourth-order valence-corrected chi connectivity index (χ4v) is 1.14. The number of nitro groups is 1. The van der Waals surface area contributed by atoms with Crippen molar-refractivity contribution >= 4 is 17.4 Å². The predicted molar refractivity (Wildman–Crippen MR) is 64.3 cm³/mol. The van der Waals surface area contributed by atoms with Gasteiger partial charge in [-0.3, -0.25) is 4.79 Å².